The Morgan fingerprint density at radius 3 is 2.48 bits per heavy atom. The van der Waals surface area contributed by atoms with Crippen molar-refractivity contribution in [1.82, 2.24) is 4.98 Å². The number of carbonyl (C=O) groups excluding carboxylic acids is 2. The van der Waals surface area contributed by atoms with Crippen LogP contribution in [0.25, 0.3) is 0 Å². The van der Waals surface area contributed by atoms with Gasteiger partial charge in [0, 0.05) is 25.0 Å². The average Bonchev–Trinajstić information content (AvgIpc) is 2.63. The fourth-order valence-electron chi connectivity index (χ4n) is 3.04. The Balaban J connectivity index is 1.74. The highest BCUT2D eigenvalue weighted by Gasteiger charge is 2.19. The number of primary amides is 1. The molecule has 25 heavy (non-hydrogen) atoms. The second-order valence-electron chi connectivity index (χ2n) is 6.22. The minimum Gasteiger partial charge on any atom is -0.369 e. The van der Waals surface area contributed by atoms with Gasteiger partial charge in [-0.05, 0) is 49.1 Å². The molecule has 3 N–H and O–H groups in total. The Morgan fingerprint density at radius 1 is 1.08 bits per heavy atom. The number of anilines is 2. The predicted octanol–water partition coefficient (Wildman–Crippen LogP) is 2.35. The largest absolute Gasteiger partial charge is 0.369 e. The Labute approximate surface area is 147 Å². The van der Waals surface area contributed by atoms with Crippen LogP contribution in [0.15, 0.2) is 42.6 Å². The van der Waals surface area contributed by atoms with Gasteiger partial charge in [0.25, 0.3) is 5.91 Å². The van der Waals surface area contributed by atoms with Gasteiger partial charge in [-0.3, -0.25) is 9.59 Å². The molecule has 2 heterocycles. The van der Waals surface area contributed by atoms with Crippen molar-refractivity contribution in [3.63, 3.8) is 0 Å². The lowest BCUT2D eigenvalue weighted by Gasteiger charge is -2.29. The van der Waals surface area contributed by atoms with E-state index in [0.717, 1.165) is 37.3 Å². The quantitative estimate of drug-likeness (QED) is 0.876. The number of hydrogen-bond donors (Lipinski definition) is 2. The predicted molar refractivity (Wildman–Crippen MR) is 97.6 cm³/mol. The summed E-state index contributed by atoms with van der Waals surface area (Å²) in [5.74, 6) is 0.180. The SMILES string of the molecule is NC(=O)Cc1ccc(NC(=O)c2cccnc2N2CCCCC2)cc1. The van der Waals surface area contributed by atoms with Crippen LogP contribution in [0.5, 0.6) is 0 Å². The van der Waals surface area contributed by atoms with E-state index in [9.17, 15) is 9.59 Å². The van der Waals surface area contributed by atoms with E-state index in [-0.39, 0.29) is 18.2 Å². The number of amides is 2. The van der Waals surface area contributed by atoms with Crippen LogP contribution in [0.3, 0.4) is 0 Å². The summed E-state index contributed by atoms with van der Waals surface area (Å²) in [5.41, 5.74) is 7.25. The molecule has 1 aromatic carbocycles. The molecule has 1 aliphatic heterocycles. The Hall–Kier alpha value is -2.89. The number of aromatic nitrogens is 1. The van der Waals surface area contributed by atoms with Gasteiger partial charge in [0.1, 0.15) is 5.82 Å². The van der Waals surface area contributed by atoms with E-state index >= 15 is 0 Å². The smallest absolute Gasteiger partial charge is 0.259 e. The van der Waals surface area contributed by atoms with Crippen LogP contribution < -0.4 is 16.0 Å². The molecule has 2 amide bonds. The molecule has 0 bridgehead atoms. The lowest BCUT2D eigenvalue weighted by molar-refractivity contribution is -0.117. The Bertz CT molecular complexity index is 752. The first-order chi connectivity index (χ1) is 12.1. The molecule has 130 valence electrons. The molecule has 0 unspecified atom stereocenters. The van der Waals surface area contributed by atoms with E-state index in [1.165, 1.54) is 6.42 Å². The molecule has 6 nitrogen and oxygen atoms in total. The van der Waals surface area contributed by atoms with E-state index in [1.807, 2.05) is 0 Å². The molecule has 3 rings (SSSR count). The summed E-state index contributed by atoms with van der Waals surface area (Å²) >= 11 is 0. The molecule has 1 aliphatic rings. The number of piperidine rings is 1. The van der Waals surface area contributed by atoms with Crippen LogP contribution in [0.2, 0.25) is 0 Å². The zero-order valence-electron chi connectivity index (χ0n) is 14.1. The fraction of sp³-hybridized carbons (Fsp3) is 0.316. The maximum Gasteiger partial charge on any atom is 0.259 e. The van der Waals surface area contributed by atoms with Gasteiger partial charge < -0.3 is 16.0 Å². The fourth-order valence-corrected chi connectivity index (χ4v) is 3.04. The van der Waals surface area contributed by atoms with Crippen molar-refractivity contribution in [1.29, 1.82) is 0 Å². The number of hydrogen-bond acceptors (Lipinski definition) is 4. The first-order valence-corrected chi connectivity index (χ1v) is 8.52. The molecule has 0 saturated carbocycles. The lowest BCUT2D eigenvalue weighted by atomic mass is 10.1. The highest BCUT2D eigenvalue weighted by Crippen LogP contribution is 2.22. The maximum atomic E-state index is 12.7. The summed E-state index contributed by atoms with van der Waals surface area (Å²) in [6.45, 7) is 1.86. The third kappa shape index (κ3) is 4.35. The van der Waals surface area contributed by atoms with Crippen molar-refractivity contribution < 1.29 is 9.59 Å². The van der Waals surface area contributed by atoms with Gasteiger partial charge in [-0.15, -0.1) is 0 Å². The average molecular weight is 338 g/mol. The summed E-state index contributed by atoms with van der Waals surface area (Å²) < 4.78 is 0. The van der Waals surface area contributed by atoms with Gasteiger partial charge in [0.05, 0.1) is 12.0 Å². The van der Waals surface area contributed by atoms with Crippen LogP contribution >= 0.6 is 0 Å². The van der Waals surface area contributed by atoms with Gasteiger partial charge in [0.2, 0.25) is 5.91 Å². The zero-order valence-corrected chi connectivity index (χ0v) is 14.1. The van der Waals surface area contributed by atoms with Crippen molar-refractivity contribution in [2.75, 3.05) is 23.3 Å². The van der Waals surface area contributed by atoms with Gasteiger partial charge in [0.15, 0.2) is 0 Å². The molecule has 1 aromatic heterocycles. The van der Waals surface area contributed by atoms with Crippen LogP contribution in [0, 0.1) is 0 Å². The number of benzene rings is 1. The second kappa shape index (κ2) is 7.79. The molecule has 0 aliphatic carbocycles. The normalized spacial score (nSPS) is 14.2. The summed E-state index contributed by atoms with van der Waals surface area (Å²) in [4.78, 5) is 30.2. The van der Waals surface area contributed by atoms with Gasteiger partial charge in [-0.1, -0.05) is 12.1 Å². The minimum atomic E-state index is -0.377. The third-order valence-corrected chi connectivity index (χ3v) is 4.28. The molecular weight excluding hydrogens is 316 g/mol. The Kier molecular flexibility index (Phi) is 5.28. The standard InChI is InChI=1S/C19H22N4O2/c20-17(24)13-14-6-8-15(9-7-14)22-19(25)16-5-4-10-21-18(16)23-11-2-1-3-12-23/h4-10H,1-3,11-13H2,(H2,20,24)(H,22,25). The summed E-state index contributed by atoms with van der Waals surface area (Å²) in [5, 5.41) is 2.90. The summed E-state index contributed by atoms with van der Waals surface area (Å²) in [6.07, 6.45) is 5.38. The first-order valence-electron chi connectivity index (χ1n) is 8.52. The van der Waals surface area contributed by atoms with Gasteiger partial charge >= 0.3 is 0 Å². The van der Waals surface area contributed by atoms with Crippen molar-refractivity contribution in [3.8, 4) is 0 Å². The topological polar surface area (TPSA) is 88.3 Å². The van der Waals surface area contributed by atoms with Crippen molar-refractivity contribution >= 4 is 23.3 Å². The molecule has 0 radical (unpaired) electrons. The molecular formula is C19H22N4O2. The molecule has 1 saturated heterocycles. The Morgan fingerprint density at radius 2 is 1.80 bits per heavy atom. The highest BCUT2D eigenvalue weighted by atomic mass is 16.2. The first kappa shape index (κ1) is 17.0. The van der Waals surface area contributed by atoms with Crippen molar-refractivity contribution in [3.05, 3.63) is 53.7 Å². The van der Waals surface area contributed by atoms with Crippen molar-refractivity contribution in [2.24, 2.45) is 5.73 Å². The second-order valence-corrected chi connectivity index (χ2v) is 6.22. The van der Waals surface area contributed by atoms with E-state index in [1.54, 1.807) is 42.6 Å². The number of nitrogens with zero attached hydrogens (tertiary/aromatic N) is 2. The lowest BCUT2D eigenvalue weighted by Crippen LogP contribution is -2.32. The van der Waals surface area contributed by atoms with Crippen LogP contribution in [0.4, 0.5) is 11.5 Å². The minimum absolute atomic E-state index is 0.184. The van der Waals surface area contributed by atoms with Crippen molar-refractivity contribution in [2.45, 2.75) is 25.7 Å². The molecule has 0 spiro atoms. The van der Waals surface area contributed by atoms with Crippen LogP contribution in [0.1, 0.15) is 35.2 Å². The van der Waals surface area contributed by atoms with E-state index in [2.05, 4.69) is 15.2 Å². The zero-order chi connectivity index (χ0) is 17.6. The van der Waals surface area contributed by atoms with Gasteiger partial charge in [-0.2, -0.15) is 0 Å². The molecule has 2 aromatic rings. The van der Waals surface area contributed by atoms with E-state index < -0.39 is 0 Å². The highest BCUT2D eigenvalue weighted by molar-refractivity contribution is 6.07. The molecule has 0 atom stereocenters. The number of nitrogens with two attached hydrogens (primary N) is 1. The maximum absolute atomic E-state index is 12.7. The number of nitrogens with one attached hydrogen (secondary N) is 1. The van der Waals surface area contributed by atoms with E-state index in [4.69, 9.17) is 5.73 Å². The monoisotopic (exact) mass is 338 g/mol. The van der Waals surface area contributed by atoms with Gasteiger partial charge in [-0.25, -0.2) is 4.98 Å². The number of rotatable bonds is 5. The third-order valence-electron chi connectivity index (χ3n) is 4.28. The van der Waals surface area contributed by atoms with Crippen LogP contribution in [-0.2, 0) is 11.2 Å². The van der Waals surface area contributed by atoms with E-state index in [0.29, 0.717) is 11.3 Å². The summed E-state index contributed by atoms with van der Waals surface area (Å²) in [6, 6.07) is 10.7. The number of carbonyl (C=O) groups is 2. The molecule has 1 fully saturated rings. The summed E-state index contributed by atoms with van der Waals surface area (Å²) in [7, 11) is 0. The van der Waals surface area contributed by atoms with Crippen LogP contribution in [-0.4, -0.2) is 29.9 Å². The molecule has 6 heteroatoms. The number of pyridine rings is 1.